The number of fused-ring (bicyclic) bond motifs is 2. The molecular formula is C26H22N2O3. The molecule has 2 heterocycles. The molecule has 5 rings (SSSR count). The molecule has 0 aliphatic heterocycles. The van der Waals surface area contributed by atoms with Crippen molar-refractivity contribution >= 4 is 28.5 Å². The van der Waals surface area contributed by atoms with E-state index in [0.717, 1.165) is 57.6 Å². The Morgan fingerprint density at radius 2 is 1.81 bits per heavy atom. The Kier molecular flexibility index (Phi) is 4.86. The normalized spacial score (nSPS) is 14.2. The second kappa shape index (κ2) is 7.84. The lowest BCUT2D eigenvalue weighted by Gasteiger charge is -2.12. The molecule has 4 aromatic rings. The molecule has 2 aromatic carbocycles. The molecule has 0 spiro atoms. The maximum absolute atomic E-state index is 13.2. The summed E-state index contributed by atoms with van der Waals surface area (Å²) < 4.78 is 11.2. The number of hydrogen-bond donors (Lipinski definition) is 0. The van der Waals surface area contributed by atoms with E-state index in [1.807, 2.05) is 56.3 Å². The van der Waals surface area contributed by atoms with Crippen molar-refractivity contribution in [1.29, 1.82) is 0 Å². The predicted octanol–water partition coefficient (Wildman–Crippen LogP) is 5.68. The smallest absolute Gasteiger partial charge is 0.339 e. The number of aryl methyl sites for hydroxylation is 2. The number of esters is 1. The second-order valence-electron chi connectivity index (χ2n) is 7.74. The van der Waals surface area contributed by atoms with Crippen molar-refractivity contribution in [3.8, 4) is 0 Å². The molecule has 1 aliphatic rings. The van der Waals surface area contributed by atoms with Gasteiger partial charge in [-0.2, -0.15) is 0 Å². The van der Waals surface area contributed by atoms with Gasteiger partial charge in [-0.3, -0.25) is 0 Å². The zero-order valence-electron chi connectivity index (χ0n) is 17.5. The number of benzene rings is 2. The standard InChI is InChI=1S/C26H22N2O3/c1-16-17(2)31-23(27-16)15-30-26(29)24-20-10-6-7-11-22(20)28-25-19(12-13-21(24)25)14-18-8-4-3-5-9-18/h3-11,14H,12-13,15H2,1-2H3/b19-14-. The number of pyridine rings is 1. The highest BCUT2D eigenvalue weighted by Gasteiger charge is 2.27. The minimum absolute atomic E-state index is 0.00560. The van der Waals surface area contributed by atoms with Crippen LogP contribution in [-0.2, 0) is 17.8 Å². The van der Waals surface area contributed by atoms with E-state index in [9.17, 15) is 4.79 Å². The highest BCUT2D eigenvalue weighted by molar-refractivity contribution is 6.07. The molecule has 1 aliphatic carbocycles. The van der Waals surface area contributed by atoms with E-state index in [-0.39, 0.29) is 12.6 Å². The molecular weight excluding hydrogens is 388 g/mol. The zero-order chi connectivity index (χ0) is 21.4. The Balaban J connectivity index is 1.55. The lowest BCUT2D eigenvalue weighted by molar-refractivity contribution is 0.0438. The summed E-state index contributed by atoms with van der Waals surface area (Å²) >= 11 is 0. The van der Waals surface area contributed by atoms with Gasteiger partial charge in [0.1, 0.15) is 5.76 Å². The van der Waals surface area contributed by atoms with Crippen molar-refractivity contribution in [1.82, 2.24) is 9.97 Å². The molecule has 0 N–H and O–H groups in total. The first-order valence-corrected chi connectivity index (χ1v) is 10.4. The highest BCUT2D eigenvalue weighted by Crippen LogP contribution is 2.37. The van der Waals surface area contributed by atoms with Crippen LogP contribution in [0, 0.1) is 13.8 Å². The Morgan fingerprint density at radius 1 is 1.03 bits per heavy atom. The Hall–Kier alpha value is -3.73. The number of allylic oxidation sites excluding steroid dienone is 1. The fourth-order valence-corrected chi connectivity index (χ4v) is 4.06. The van der Waals surface area contributed by atoms with E-state index in [0.29, 0.717) is 11.5 Å². The summed E-state index contributed by atoms with van der Waals surface area (Å²) in [5.41, 5.74) is 6.29. The van der Waals surface area contributed by atoms with Crippen LogP contribution in [0.25, 0.3) is 22.6 Å². The molecule has 0 saturated heterocycles. The number of nitrogens with zero attached hydrogens (tertiary/aromatic N) is 2. The average Bonchev–Trinajstić information content (AvgIpc) is 3.33. The van der Waals surface area contributed by atoms with Gasteiger partial charge in [-0.15, -0.1) is 0 Å². The Labute approximate surface area is 180 Å². The minimum atomic E-state index is -0.371. The molecule has 0 bridgehead atoms. The molecule has 5 nitrogen and oxygen atoms in total. The third kappa shape index (κ3) is 3.63. The van der Waals surface area contributed by atoms with Crippen molar-refractivity contribution in [3.63, 3.8) is 0 Å². The number of carbonyl (C=O) groups excluding carboxylic acids is 1. The van der Waals surface area contributed by atoms with Crippen molar-refractivity contribution in [2.45, 2.75) is 33.3 Å². The van der Waals surface area contributed by atoms with Crippen LogP contribution in [0.15, 0.2) is 59.0 Å². The van der Waals surface area contributed by atoms with E-state index in [1.165, 1.54) is 0 Å². The van der Waals surface area contributed by atoms with E-state index < -0.39 is 0 Å². The topological polar surface area (TPSA) is 65.2 Å². The van der Waals surface area contributed by atoms with Crippen LogP contribution in [0.1, 0.15) is 50.9 Å². The summed E-state index contributed by atoms with van der Waals surface area (Å²) in [7, 11) is 0. The van der Waals surface area contributed by atoms with E-state index in [4.69, 9.17) is 14.1 Å². The van der Waals surface area contributed by atoms with Crippen LogP contribution < -0.4 is 0 Å². The first-order valence-electron chi connectivity index (χ1n) is 10.4. The molecule has 5 heteroatoms. The molecule has 0 amide bonds. The van der Waals surface area contributed by atoms with Crippen molar-refractivity contribution < 1.29 is 13.9 Å². The molecule has 31 heavy (non-hydrogen) atoms. The van der Waals surface area contributed by atoms with Gasteiger partial charge in [-0.05, 0) is 55.5 Å². The van der Waals surface area contributed by atoms with Crippen LogP contribution in [0.5, 0.6) is 0 Å². The summed E-state index contributed by atoms with van der Waals surface area (Å²) in [5.74, 6) is 0.768. The SMILES string of the molecule is Cc1nc(COC(=O)c2c3c(nc4ccccc24)/C(=C\c2ccccc2)CC3)oc1C. The maximum atomic E-state index is 13.2. The molecule has 0 unspecified atom stereocenters. The predicted molar refractivity (Wildman–Crippen MR) is 119 cm³/mol. The van der Waals surface area contributed by atoms with Gasteiger partial charge in [0.2, 0.25) is 5.89 Å². The molecule has 0 radical (unpaired) electrons. The van der Waals surface area contributed by atoms with Crippen molar-refractivity contribution in [2.75, 3.05) is 0 Å². The van der Waals surface area contributed by atoms with Crippen LogP contribution in [0.2, 0.25) is 0 Å². The van der Waals surface area contributed by atoms with Crippen molar-refractivity contribution in [3.05, 3.63) is 94.3 Å². The number of oxazole rings is 1. The summed E-state index contributed by atoms with van der Waals surface area (Å²) in [6.07, 6.45) is 3.75. The monoisotopic (exact) mass is 410 g/mol. The third-order valence-corrected chi connectivity index (χ3v) is 5.69. The number of para-hydroxylation sites is 1. The largest absolute Gasteiger partial charge is 0.452 e. The zero-order valence-corrected chi connectivity index (χ0v) is 17.5. The van der Waals surface area contributed by atoms with Crippen LogP contribution in [-0.4, -0.2) is 15.9 Å². The van der Waals surface area contributed by atoms with Gasteiger partial charge >= 0.3 is 5.97 Å². The van der Waals surface area contributed by atoms with Gasteiger partial charge in [-0.25, -0.2) is 14.8 Å². The molecule has 0 saturated carbocycles. The number of rotatable bonds is 4. The lowest BCUT2D eigenvalue weighted by atomic mass is 10.0. The summed E-state index contributed by atoms with van der Waals surface area (Å²) in [5, 5.41) is 0.812. The maximum Gasteiger partial charge on any atom is 0.339 e. The van der Waals surface area contributed by atoms with Crippen molar-refractivity contribution in [2.24, 2.45) is 0 Å². The minimum Gasteiger partial charge on any atom is -0.452 e. The fraction of sp³-hybridized carbons (Fsp3) is 0.192. The van der Waals surface area contributed by atoms with Gasteiger partial charge < -0.3 is 9.15 Å². The molecule has 2 aromatic heterocycles. The second-order valence-corrected chi connectivity index (χ2v) is 7.74. The van der Waals surface area contributed by atoms with Gasteiger partial charge in [0.05, 0.1) is 22.5 Å². The number of ether oxygens (including phenoxy) is 1. The van der Waals surface area contributed by atoms with E-state index >= 15 is 0 Å². The lowest BCUT2D eigenvalue weighted by Crippen LogP contribution is -2.10. The summed E-state index contributed by atoms with van der Waals surface area (Å²) in [4.78, 5) is 22.4. The number of carbonyl (C=O) groups is 1. The number of hydrogen-bond acceptors (Lipinski definition) is 5. The third-order valence-electron chi connectivity index (χ3n) is 5.69. The Morgan fingerprint density at radius 3 is 2.58 bits per heavy atom. The van der Waals surface area contributed by atoms with Gasteiger partial charge in [0.15, 0.2) is 6.61 Å². The first-order chi connectivity index (χ1) is 15.1. The highest BCUT2D eigenvalue weighted by atomic mass is 16.5. The summed E-state index contributed by atoms with van der Waals surface area (Å²) in [6, 6.07) is 17.9. The van der Waals surface area contributed by atoms with E-state index in [2.05, 4.69) is 23.2 Å². The van der Waals surface area contributed by atoms with Crippen LogP contribution in [0.3, 0.4) is 0 Å². The van der Waals surface area contributed by atoms with Crippen LogP contribution >= 0.6 is 0 Å². The average molecular weight is 410 g/mol. The van der Waals surface area contributed by atoms with Gasteiger partial charge in [0.25, 0.3) is 0 Å². The first kappa shape index (κ1) is 19.2. The van der Waals surface area contributed by atoms with Crippen LogP contribution in [0.4, 0.5) is 0 Å². The van der Waals surface area contributed by atoms with Gasteiger partial charge in [-0.1, -0.05) is 48.5 Å². The fourth-order valence-electron chi connectivity index (χ4n) is 4.06. The summed E-state index contributed by atoms with van der Waals surface area (Å²) in [6.45, 7) is 3.72. The molecule has 0 atom stereocenters. The molecule has 0 fully saturated rings. The Bertz CT molecular complexity index is 1300. The van der Waals surface area contributed by atoms with E-state index in [1.54, 1.807) is 0 Å². The number of aromatic nitrogens is 2. The molecule has 154 valence electrons. The quantitative estimate of drug-likeness (QED) is 0.405. The van der Waals surface area contributed by atoms with Gasteiger partial charge in [0, 0.05) is 5.39 Å².